The van der Waals surface area contributed by atoms with Gasteiger partial charge in [0.15, 0.2) is 0 Å². The summed E-state index contributed by atoms with van der Waals surface area (Å²) in [7, 11) is 1.46. The number of pyridine rings is 1. The molecule has 1 heterocycles. The second-order valence-electron chi connectivity index (χ2n) is 4.18. The van der Waals surface area contributed by atoms with Gasteiger partial charge in [-0.2, -0.15) is 0 Å². The number of carbonyl (C=O) groups is 1. The second-order valence-corrected chi connectivity index (χ2v) is 4.54. The Hall–Kier alpha value is -1.29. The van der Waals surface area contributed by atoms with Crippen LogP contribution >= 0.6 is 11.6 Å². The van der Waals surface area contributed by atoms with Crippen molar-refractivity contribution >= 4 is 17.6 Å². The fraction of sp³-hybridized carbons (Fsp3) is 0.455. The molecule has 0 atom stereocenters. The molecular formula is C11H14ClNO3. The van der Waals surface area contributed by atoms with Crippen molar-refractivity contribution in [1.82, 2.24) is 4.98 Å². The lowest BCUT2D eigenvalue weighted by atomic mass is 10.2. The molecule has 0 aliphatic rings. The zero-order valence-corrected chi connectivity index (χ0v) is 10.5. The van der Waals surface area contributed by atoms with E-state index in [2.05, 4.69) is 4.98 Å². The van der Waals surface area contributed by atoms with E-state index in [1.54, 1.807) is 26.8 Å². The van der Waals surface area contributed by atoms with Gasteiger partial charge in [0.05, 0.1) is 7.11 Å². The van der Waals surface area contributed by atoms with Crippen LogP contribution in [0.25, 0.3) is 0 Å². The minimum Gasteiger partial charge on any atom is -0.496 e. The average Bonchev–Trinajstić information content (AvgIpc) is 2.14. The Morgan fingerprint density at radius 3 is 2.56 bits per heavy atom. The molecule has 1 aromatic rings. The van der Waals surface area contributed by atoms with Gasteiger partial charge in [-0.3, -0.25) is 0 Å². The summed E-state index contributed by atoms with van der Waals surface area (Å²) in [6, 6.07) is 1.56. The molecule has 88 valence electrons. The van der Waals surface area contributed by atoms with Gasteiger partial charge in [0, 0.05) is 6.20 Å². The maximum absolute atomic E-state index is 11.8. The molecule has 0 unspecified atom stereocenters. The Bertz CT molecular complexity index is 399. The Balaban J connectivity index is 3.08. The van der Waals surface area contributed by atoms with Crippen LogP contribution in [0.5, 0.6) is 5.75 Å². The number of nitrogens with zero attached hydrogens (tertiary/aromatic N) is 1. The largest absolute Gasteiger partial charge is 0.496 e. The standard InChI is InChI=1S/C11H14ClNO3/c1-11(2,3)16-10(14)8-7(15-4)5-6-13-9(8)12/h5-6H,1-4H3. The summed E-state index contributed by atoms with van der Waals surface area (Å²) in [6.45, 7) is 5.34. The fourth-order valence-corrected chi connectivity index (χ4v) is 1.33. The van der Waals surface area contributed by atoms with E-state index in [-0.39, 0.29) is 10.7 Å². The number of carbonyl (C=O) groups excluding carboxylic acids is 1. The van der Waals surface area contributed by atoms with Crippen LogP contribution in [0, 0.1) is 0 Å². The summed E-state index contributed by atoms with van der Waals surface area (Å²) >= 11 is 5.84. The zero-order valence-electron chi connectivity index (χ0n) is 9.70. The van der Waals surface area contributed by atoms with Gasteiger partial charge in [0.2, 0.25) is 0 Å². The number of aromatic nitrogens is 1. The highest BCUT2D eigenvalue weighted by atomic mass is 35.5. The van der Waals surface area contributed by atoms with Crippen LogP contribution in [-0.2, 0) is 4.74 Å². The topological polar surface area (TPSA) is 48.4 Å². The van der Waals surface area contributed by atoms with E-state index < -0.39 is 11.6 Å². The van der Waals surface area contributed by atoms with Gasteiger partial charge in [-0.05, 0) is 26.8 Å². The Morgan fingerprint density at radius 2 is 2.06 bits per heavy atom. The van der Waals surface area contributed by atoms with E-state index in [0.717, 1.165) is 0 Å². The van der Waals surface area contributed by atoms with E-state index in [1.165, 1.54) is 13.3 Å². The lowest BCUT2D eigenvalue weighted by molar-refractivity contribution is 0.00663. The number of hydrogen-bond donors (Lipinski definition) is 0. The monoisotopic (exact) mass is 243 g/mol. The minimum atomic E-state index is -0.582. The average molecular weight is 244 g/mol. The van der Waals surface area contributed by atoms with Crippen molar-refractivity contribution < 1.29 is 14.3 Å². The first-order valence-corrected chi connectivity index (χ1v) is 5.15. The van der Waals surface area contributed by atoms with Crippen molar-refractivity contribution in [3.8, 4) is 5.75 Å². The number of ether oxygens (including phenoxy) is 2. The normalized spacial score (nSPS) is 11.1. The van der Waals surface area contributed by atoms with Crippen LogP contribution in [0.15, 0.2) is 12.3 Å². The first-order chi connectivity index (χ1) is 7.35. The van der Waals surface area contributed by atoms with Crippen molar-refractivity contribution in [2.45, 2.75) is 26.4 Å². The molecule has 16 heavy (non-hydrogen) atoms. The first kappa shape index (κ1) is 12.8. The van der Waals surface area contributed by atoms with Crippen molar-refractivity contribution in [2.75, 3.05) is 7.11 Å². The van der Waals surface area contributed by atoms with Crippen LogP contribution in [0.4, 0.5) is 0 Å². The van der Waals surface area contributed by atoms with Crippen LogP contribution < -0.4 is 4.74 Å². The van der Waals surface area contributed by atoms with Gasteiger partial charge in [-0.15, -0.1) is 0 Å². The molecule has 0 aliphatic heterocycles. The van der Waals surface area contributed by atoms with E-state index >= 15 is 0 Å². The quantitative estimate of drug-likeness (QED) is 0.592. The summed E-state index contributed by atoms with van der Waals surface area (Å²) in [5.74, 6) is -0.184. The van der Waals surface area contributed by atoms with E-state index in [1.807, 2.05) is 0 Å². The maximum Gasteiger partial charge on any atom is 0.345 e. The molecule has 5 heteroatoms. The van der Waals surface area contributed by atoms with Crippen LogP contribution in [0.3, 0.4) is 0 Å². The SMILES string of the molecule is COc1ccnc(Cl)c1C(=O)OC(C)(C)C. The molecule has 0 bridgehead atoms. The van der Waals surface area contributed by atoms with Crippen molar-refractivity contribution in [3.05, 3.63) is 23.0 Å². The summed E-state index contributed by atoms with van der Waals surface area (Å²) in [5, 5.41) is 0.0774. The van der Waals surface area contributed by atoms with Crippen molar-refractivity contribution in [1.29, 1.82) is 0 Å². The Labute approximate surface area is 99.5 Å². The number of halogens is 1. The van der Waals surface area contributed by atoms with Gasteiger partial charge in [0.1, 0.15) is 22.1 Å². The molecule has 0 N–H and O–H groups in total. The number of hydrogen-bond acceptors (Lipinski definition) is 4. The van der Waals surface area contributed by atoms with Crippen molar-refractivity contribution in [3.63, 3.8) is 0 Å². The lowest BCUT2D eigenvalue weighted by Gasteiger charge is -2.20. The summed E-state index contributed by atoms with van der Waals surface area (Å²) in [6.07, 6.45) is 1.47. The third-order valence-electron chi connectivity index (χ3n) is 1.69. The molecule has 0 saturated heterocycles. The third kappa shape index (κ3) is 3.10. The minimum absolute atomic E-state index is 0.0774. The molecular weight excluding hydrogens is 230 g/mol. The number of esters is 1. The Kier molecular flexibility index (Phi) is 3.75. The second kappa shape index (κ2) is 4.70. The maximum atomic E-state index is 11.8. The van der Waals surface area contributed by atoms with Crippen molar-refractivity contribution in [2.24, 2.45) is 0 Å². The predicted molar refractivity (Wildman–Crippen MR) is 61.0 cm³/mol. The molecule has 0 radical (unpaired) electrons. The van der Waals surface area contributed by atoms with Crippen LogP contribution in [0.1, 0.15) is 31.1 Å². The summed E-state index contributed by atoms with van der Waals surface area (Å²) < 4.78 is 10.2. The first-order valence-electron chi connectivity index (χ1n) is 4.77. The zero-order chi connectivity index (χ0) is 12.3. The molecule has 0 spiro atoms. The highest BCUT2D eigenvalue weighted by Gasteiger charge is 2.24. The van der Waals surface area contributed by atoms with E-state index in [0.29, 0.717) is 5.75 Å². The molecule has 1 rings (SSSR count). The van der Waals surface area contributed by atoms with Gasteiger partial charge < -0.3 is 9.47 Å². The Morgan fingerprint density at radius 1 is 1.44 bits per heavy atom. The van der Waals surface area contributed by atoms with Gasteiger partial charge in [-0.25, -0.2) is 9.78 Å². The highest BCUT2D eigenvalue weighted by Crippen LogP contribution is 2.26. The molecule has 0 aliphatic carbocycles. The summed E-state index contributed by atoms with van der Waals surface area (Å²) in [4.78, 5) is 15.7. The third-order valence-corrected chi connectivity index (χ3v) is 1.98. The predicted octanol–water partition coefficient (Wildman–Crippen LogP) is 2.70. The molecule has 0 amide bonds. The number of rotatable bonds is 2. The van der Waals surface area contributed by atoms with Crippen LogP contribution in [0.2, 0.25) is 5.15 Å². The molecule has 0 aromatic carbocycles. The molecule has 0 saturated carbocycles. The molecule has 4 nitrogen and oxygen atoms in total. The van der Waals surface area contributed by atoms with Gasteiger partial charge >= 0.3 is 5.97 Å². The van der Waals surface area contributed by atoms with E-state index in [4.69, 9.17) is 21.1 Å². The van der Waals surface area contributed by atoms with Crippen LogP contribution in [-0.4, -0.2) is 23.7 Å². The smallest absolute Gasteiger partial charge is 0.345 e. The highest BCUT2D eigenvalue weighted by molar-refractivity contribution is 6.32. The fourth-order valence-electron chi connectivity index (χ4n) is 1.10. The number of methoxy groups -OCH3 is 1. The molecule has 1 aromatic heterocycles. The van der Waals surface area contributed by atoms with Gasteiger partial charge in [-0.1, -0.05) is 11.6 Å². The van der Waals surface area contributed by atoms with Gasteiger partial charge in [0.25, 0.3) is 0 Å². The lowest BCUT2D eigenvalue weighted by Crippen LogP contribution is -2.24. The van der Waals surface area contributed by atoms with E-state index in [9.17, 15) is 4.79 Å². The molecule has 0 fully saturated rings. The summed E-state index contributed by atoms with van der Waals surface area (Å²) in [5.41, 5.74) is -0.428.